The van der Waals surface area contributed by atoms with Gasteiger partial charge < -0.3 is 10.6 Å². The molecule has 0 fully saturated rings. The number of rotatable bonds is 3. The zero-order valence-electron chi connectivity index (χ0n) is 17.8. The van der Waals surface area contributed by atoms with Gasteiger partial charge in [0.25, 0.3) is 0 Å². The molecule has 1 unspecified atom stereocenters. The number of nitrogens with zero attached hydrogens (tertiary/aromatic N) is 3. The minimum absolute atomic E-state index is 0.00354. The molecule has 5 nitrogen and oxygen atoms in total. The number of fused-ring (bicyclic) bond motifs is 2. The molecule has 5 rings (SSSR count). The second-order valence-electron chi connectivity index (χ2n) is 8.05. The van der Waals surface area contributed by atoms with E-state index in [1.807, 2.05) is 6.92 Å². The van der Waals surface area contributed by atoms with Crippen LogP contribution in [0.25, 0.3) is 11.4 Å². The molecule has 170 valence electrons. The van der Waals surface area contributed by atoms with Crippen molar-refractivity contribution in [3.05, 3.63) is 76.2 Å². The van der Waals surface area contributed by atoms with E-state index in [9.17, 15) is 17.6 Å². The van der Waals surface area contributed by atoms with Crippen LogP contribution < -0.4 is 10.6 Å². The fourth-order valence-corrected chi connectivity index (χ4v) is 4.33. The van der Waals surface area contributed by atoms with Crippen LogP contribution in [-0.4, -0.2) is 22.3 Å². The maximum atomic E-state index is 14.0. The van der Waals surface area contributed by atoms with Gasteiger partial charge in [0, 0.05) is 36.2 Å². The molecule has 9 heteroatoms. The second kappa shape index (κ2) is 8.22. The van der Waals surface area contributed by atoms with Crippen LogP contribution in [0.5, 0.6) is 0 Å². The summed E-state index contributed by atoms with van der Waals surface area (Å²) in [7, 11) is 0. The molecule has 3 heterocycles. The van der Waals surface area contributed by atoms with Crippen molar-refractivity contribution in [3.8, 4) is 11.4 Å². The number of hydrogen-bond donors (Lipinski definition) is 2. The predicted octanol–water partition coefficient (Wildman–Crippen LogP) is 5.27. The Hall–Kier alpha value is -3.33. The molecule has 0 saturated carbocycles. The first kappa shape index (κ1) is 21.5. The highest BCUT2D eigenvalue weighted by Gasteiger charge is 2.35. The largest absolute Gasteiger partial charge is 0.417 e. The third-order valence-corrected chi connectivity index (χ3v) is 5.94. The summed E-state index contributed by atoms with van der Waals surface area (Å²) in [6, 6.07) is 9.71. The van der Waals surface area contributed by atoms with Crippen LogP contribution in [0.3, 0.4) is 0 Å². The van der Waals surface area contributed by atoms with Gasteiger partial charge in [-0.1, -0.05) is 31.2 Å². The van der Waals surface area contributed by atoms with Crippen molar-refractivity contribution < 1.29 is 17.6 Å². The van der Waals surface area contributed by atoms with E-state index < -0.39 is 11.7 Å². The van der Waals surface area contributed by atoms with Crippen LogP contribution in [0.4, 0.5) is 23.4 Å². The number of hydrogen-bond acceptors (Lipinski definition) is 5. The Balaban J connectivity index is 1.62. The molecule has 1 aromatic heterocycles. The molecule has 0 saturated heterocycles. The fraction of sp³-hybridized carbons (Fsp3) is 0.292. The van der Waals surface area contributed by atoms with E-state index in [-0.39, 0.29) is 23.2 Å². The number of aromatic nitrogens is 2. The van der Waals surface area contributed by atoms with Gasteiger partial charge in [-0.15, -0.1) is 0 Å². The molecule has 0 aliphatic carbocycles. The van der Waals surface area contributed by atoms with E-state index in [1.54, 1.807) is 6.07 Å². The highest BCUT2D eigenvalue weighted by Crippen LogP contribution is 2.37. The second-order valence-corrected chi connectivity index (χ2v) is 8.05. The quantitative estimate of drug-likeness (QED) is 0.528. The molecule has 2 aliphatic heterocycles. The molecule has 0 bridgehead atoms. The zero-order valence-corrected chi connectivity index (χ0v) is 17.8. The maximum Gasteiger partial charge on any atom is 0.417 e. The summed E-state index contributed by atoms with van der Waals surface area (Å²) in [5, 5.41) is 6.45. The van der Waals surface area contributed by atoms with Crippen molar-refractivity contribution >= 4 is 11.7 Å². The molecule has 0 radical (unpaired) electrons. The normalized spacial score (nSPS) is 17.4. The molecule has 0 amide bonds. The monoisotopic (exact) mass is 455 g/mol. The molecule has 33 heavy (non-hydrogen) atoms. The fourth-order valence-electron chi connectivity index (χ4n) is 4.33. The Labute approximate surface area is 188 Å². The van der Waals surface area contributed by atoms with Crippen molar-refractivity contribution in [2.75, 3.05) is 11.9 Å². The number of amidine groups is 1. The summed E-state index contributed by atoms with van der Waals surface area (Å²) < 4.78 is 54.9. The van der Waals surface area contributed by atoms with Crippen LogP contribution in [0.2, 0.25) is 0 Å². The molecule has 2 aliphatic rings. The average molecular weight is 455 g/mol. The lowest BCUT2D eigenvalue weighted by atomic mass is 10.0. The van der Waals surface area contributed by atoms with Crippen molar-refractivity contribution in [1.29, 1.82) is 0 Å². The van der Waals surface area contributed by atoms with Crippen LogP contribution >= 0.6 is 0 Å². The van der Waals surface area contributed by atoms with E-state index >= 15 is 0 Å². The molecular weight excluding hydrogens is 434 g/mol. The summed E-state index contributed by atoms with van der Waals surface area (Å²) in [5.74, 6) is 0.449. The van der Waals surface area contributed by atoms with Gasteiger partial charge in [-0.25, -0.2) is 14.4 Å². The molecule has 2 N–H and O–H groups in total. The van der Waals surface area contributed by atoms with Gasteiger partial charge in [0.15, 0.2) is 5.82 Å². The lowest BCUT2D eigenvalue weighted by molar-refractivity contribution is -0.137. The van der Waals surface area contributed by atoms with Gasteiger partial charge in [-0.3, -0.25) is 4.99 Å². The minimum atomic E-state index is -4.54. The summed E-state index contributed by atoms with van der Waals surface area (Å²) in [6.07, 6.45) is -3.24. The van der Waals surface area contributed by atoms with Crippen LogP contribution in [0.15, 0.2) is 47.5 Å². The van der Waals surface area contributed by atoms with Crippen molar-refractivity contribution in [3.63, 3.8) is 0 Å². The maximum absolute atomic E-state index is 14.0. The van der Waals surface area contributed by atoms with Crippen molar-refractivity contribution in [2.45, 2.75) is 38.5 Å². The highest BCUT2D eigenvalue weighted by atomic mass is 19.4. The van der Waals surface area contributed by atoms with Gasteiger partial charge in [-0.2, -0.15) is 13.2 Å². The van der Waals surface area contributed by atoms with Gasteiger partial charge in [0.2, 0.25) is 0 Å². The Kier molecular flexibility index (Phi) is 5.36. The average Bonchev–Trinajstić information content (AvgIpc) is 3.15. The third-order valence-electron chi connectivity index (χ3n) is 5.94. The molecule has 1 atom stereocenters. The summed E-state index contributed by atoms with van der Waals surface area (Å²) in [6.45, 7) is 3.13. The van der Waals surface area contributed by atoms with E-state index in [4.69, 9.17) is 4.99 Å². The smallest absolute Gasteiger partial charge is 0.324 e. The molecular formula is C24H21F4N5. The predicted molar refractivity (Wildman–Crippen MR) is 117 cm³/mol. The number of aliphatic imine (C=N–C) groups is 1. The Morgan fingerprint density at radius 3 is 2.70 bits per heavy atom. The Morgan fingerprint density at radius 2 is 1.91 bits per heavy atom. The zero-order chi connectivity index (χ0) is 23.2. The number of alkyl halides is 3. The first-order valence-corrected chi connectivity index (χ1v) is 10.8. The van der Waals surface area contributed by atoms with Crippen LogP contribution in [0, 0.1) is 5.82 Å². The van der Waals surface area contributed by atoms with Gasteiger partial charge in [-0.05, 0) is 30.2 Å². The third kappa shape index (κ3) is 3.97. The molecule has 3 aromatic rings. The summed E-state index contributed by atoms with van der Waals surface area (Å²) in [5.41, 5.74) is 2.13. The topological polar surface area (TPSA) is 62.2 Å². The first-order valence-electron chi connectivity index (χ1n) is 10.8. The van der Waals surface area contributed by atoms with Gasteiger partial charge >= 0.3 is 6.18 Å². The van der Waals surface area contributed by atoms with E-state index in [0.29, 0.717) is 42.4 Å². The lowest BCUT2D eigenvalue weighted by Crippen LogP contribution is -2.27. The minimum Gasteiger partial charge on any atom is -0.324 e. The van der Waals surface area contributed by atoms with E-state index in [2.05, 4.69) is 20.6 Å². The first-order chi connectivity index (χ1) is 15.8. The van der Waals surface area contributed by atoms with Gasteiger partial charge in [0.05, 0.1) is 17.3 Å². The lowest BCUT2D eigenvalue weighted by Gasteiger charge is -2.22. The van der Waals surface area contributed by atoms with Crippen LogP contribution in [-0.2, 0) is 19.1 Å². The Bertz CT molecular complexity index is 1250. The summed E-state index contributed by atoms with van der Waals surface area (Å²) in [4.78, 5) is 13.7. The number of benzene rings is 2. The number of anilines is 1. The van der Waals surface area contributed by atoms with Crippen molar-refractivity contribution in [2.24, 2.45) is 4.99 Å². The Morgan fingerprint density at radius 1 is 1.09 bits per heavy atom. The van der Waals surface area contributed by atoms with Gasteiger partial charge in [0.1, 0.15) is 17.5 Å². The summed E-state index contributed by atoms with van der Waals surface area (Å²) >= 11 is 0. The van der Waals surface area contributed by atoms with Crippen LogP contribution in [0.1, 0.15) is 47.3 Å². The standard InChI is InChI=1S/C24H21F4N5/c1-2-19-14-8-7-13(25)11-16(14)22(30-19)33-23-17-12-29-10-9-20(17)31-21(32-23)15-5-3-4-6-18(15)24(26,27)28/h3-8,11,19,29H,2,9-10,12H2,1H3,(H,30,31,32,33). The van der Waals surface area contributed by atoms with E-state index in [0.717, 1.165) is 23.6 Å². The SMILES string of the molecule is CCC1N=C(Nc2nc(-c3ccccc3C(F)(F)F)nc3c2CNCC3)c2cc(F)ccc21. The van der Waals surface area contributed by atoms with Crippen molar-refractivity contribution in [1.82, 2.24) is 15.3 Å². The van der Waals surface area contributed by atoms with E-state index in [1.165, 1.54) is 30.3 Å². The number of halogens is 4. The molecule has 2 aromatic carbocycles. The number of nitrogens with one attached hydrogen (secondary N) is 2. The molecule has 0 spiro atoms. The highest BCUT2D eigenvalue weighted by molar-refractivity contribution is 6.11.